The third-order valence-corrected chi connectivity index (χ3v) is 4.50. The fourth-order valence-electron chi connectivity index (χ4n) is 2.93. The van der Waals surface area contributed by atoms with Crippen LogP contribution in [0.15, 0.2) is 72.8 Å². The van der Waals surface area contributed by atoms with Crippen LogP contribution in [0.2, 0.25) is 0 Å². The van der Waals surface area contributed by atoms with E-state index in [9.17, 15) is 14.2 Å². The fourth-order valence-corrected chi connectivity index (χ4v) is 3.43. The van der Waals surface area contributed by atoms with Gasteiger partial charge in [-0.2, -0.15) is 0 Å². The summed E-state index contributed by atoms with van der Waals surface area (Å²) < 4.78 is 10.5. The van der Waals surface area contributed by atoms with Gasteiger partial charge in [0, 0.05) is 11.1 Å². The Morgan fingerprint density at radius 2 is 1.11 bits per heavy atom. The van der Waals surface area contributed by atoms with E-state index in [2.05, 4.69) is 0 Å². The molecule has 3 nitrogen and oxygen atoms in total. The van der Waals surface area contributed by atoms with Crippen LogP contribution in [0.1, 0.15) is 43.0 Å². The summed E-state index contributed by atoms with van der Waals surface area (Å²) in [4.78, 5) is 23.1. The first-order valence-electron chi connectivity index (χ1n) is 8.59. The largest absolute Gasteiger partial charge is 0.406 e. The highest BCUT2D eigenvalue weighted by atomic mass is 31.1. The van der Waals surface area contributed by atoms with Crippen molar-refractivity contribution in [2.75, 3.05) is 0 Å². The lowest BCUT2D eigenvalue weighted by Crippen LogP contribution is -1.99. The fraction of sp³-hybridized carbons (Fsp3) is 0.130. The van der Waals surface area contributed by atoms with E-state index in [1.165, 1.54) is 0 Å². The van der Waals surface area contributed by atoms with Crippen LogP contribution in [0.3, 0.4) is 0 Å². The van der Waals surface area contributed by atoms with Crippen LogP contribution in [0, 0.1) is 20.8 Å². The predicted molar refractivity (Wildman–Crippen MR) is 110 cm³/mol. The Morgan fingerprint density at radius 1 is 0.704 bits per heavy atom. The van der Waals surface area contributed by atoms with Crippen molar-refractivity contribution >= 4 is 19.8 Å². The van der Waals surface area contributed by atoms with Crippen LogP contribution in [-0.4, -0.2) is 11.3 Å². The maximum Gasteiger partial charge on any atom is 0.406 e. The second-order valence-electron chi connectivity index (χ2n) is 6.27. The van der Waals surface area contributed by atoms with Crippen molar-refractivity contribution in [1.82, 2.24) is 0 Å². The van der Waals surface area contributed by atoms with Crippen molar-refractivity contribution < 1.29 is 14.2 Å². The molecule has 3 aromatic rings. The number of benzene rings is 3. The van der Waals surface area contributed by atoms with E-state index in [0.717, 1.165) is 27.8 Å². The molecule has 0 amide bonds. The first-order valence-corrected chi connectivity index (χ1v) is 9.50. The first-order chi connectivity index (χ1) is 12.9. The molecule has 1 atom stereocenters. The Morgan fingerprint density at radius 3 is 1.48 bits per heavy atom. The van der Waals surface area contributed by atoms with E-state index in [0.29, 0.717) is 5.56 Å². The second kappa shape index (κ2) is 9.70. The minimum Gasteiger partial charge on any atom is -0.289 e. The van der Waals surface area contributed by atoms with Crippen molar-refractivity contribution in [3.8, 4) is 0 Å². The highest BCUT2D eigenvalue weighted by Crippen LogP contribution is 2.20. The third kappa shape index (κ3) is 5.54. The molecule has 0 aromatic heterocycles. The van der Waals surface area contributed by atoms with Gasteiger partial charge in [-0.15, -0.1) is 0 Å². The van der Waals surface area contributed by atoms with E-state index in [4.69, 9.17) is 0 Å². The molecular formula is C23H22O3P+. The zero-order chi connectivity index (χ0) is 19.8. The molecule has 0 saturated heterocycles. The molecule has 4 heteroatoms. The molecule has 1 unspecified atom stereocenters. The highest BCUT2D eigenvalue weighted by molar-refractivity contribution is 7.47. The van der Waals surface area contributed by atoms with Gasteiger partial charge in [0.1, 0.15) is 0 Å². The van der Waals surface area contributed by atoms with Gasteiger partial charge in [-0.25, -0.2) is 4.79 Å². The second-order valence-corrected chi connectivity index (χ2v) is 6.92. The van der Waals surface area contributed by atoms with E-state index < -0.39 is 8.46 Å². The van der Waals surface area contributed by atoms with Gasteiger partial charge in [-0.1, -0.05) is 82.9 Å². The van der Waals surface area contributed by atoms with Crippen molar-refractivity contribution in [3.63, 3.8) is 0 Å². The number of ketones is 1. The lowest BCUT2D eigenvalue weighted by Gasteiger charge is -2.03. The standard InChI is InChI=1S/C13H10O.C10H11O2P/c14-13(11-7-3-1-4-8-11)12-9-5-2-6-10-12;1-6-4-7(2)9(8(3)5-6)10(11)13-12/h1-10H;4-5H,1-3H3/p+1. The molecule has 0 bridgehead atoms. The number of hydrogen-bond acceptors (Lipinski definition) is 3. The van der Waals surface area contributed by atoms with Gasteiger partial charge < -0.3 is 0 Å². The summed E-state index contributed by atoms with van der Waals surface area (Å²) in [6.07, 6.45) is 0. The molecule has 0 fully saturated rings. The van der Waals surface area contributed by atoms with Gasteiger partial charge in [0.15, 0.2) is 5.78 Å². The normalized spacial score (nSPS) is 10.0. The van der Waals surface area contributed by atoms with Crippen molar-refractivity contribution in [3.05, 3.63) is 106 Å². The summed E-state index contributed by atoms with van der Waals surface area (Å²) in [6, 6.07) is 22.5. The van der Waals surface area contributed by atoms with Crippen LogP contribution < -0.4 is 0 Å². The SMILES string of the molecule is Cc1cc(C)c(C(=O)[PH+]=O)c(C)c1.O=C(c1ccccc1)c1ccccc1. The number of carbonyl (C=O) groups is 2. The van der Waals surface area contributed by atoms with Gasteiger partial charge in [0.25, 0.3) is 0 Å². The summed E-state index contributed by atoms with van der Waals surface area (Å²) in [5.74, 6) is 0.0752. The lowest BCUT2D eigenvalue weighted by molar-refractivity contribution is 0.103. The molecule has 0 N–H and O–H groups in total. The molecule has 27 heavy (non-hydrogen) atoms. The summed E-state index contributed by atoms with van der Waals surface area (Å²) in [7, 11) is -0.890. The maximum absolute atomic E-state index is 11.8. The molecular weight excluding hydrogens is 355 g/mol. The molecule has 0 aliphatic heterocycles. The molecule has 0 radical (unpaired) electrons. The Kier molecular flexibility index (Phi) is 7.34. The van der Waals surface area contributed by atoms with Gasteiger partial charge in [0.2, 0.25) is 0 Å². The Balaban J connectivity index is 0.000000194. The van der Waals surface area contributed by atoms with Crippen molar-refractivity contribution in [1.29, 1.82) is 0 Å². The Bertz CT molecular complexity index is 883. The number of rotatable bonds is 4. The number of aryl methyl sites for hydroxylation is 3. The molecule has 3 rings (SSSR count). The highest BCUT2D eigenvalue weighted by Gasteiger charge is 2.18. The van der Waals surface area contributed by atoms with Gasteiger partial charge >= 0.3 is 14.0 Å². The maximum atomic E-state index is 11.8. The summed E-state index contributed by atoms with van der Waals surface area (Å²) in [6.45, 7) is 5.72. The number of carbonyl (C=O) groups excluding carboxylic acids is 2. The first kappa shape index (κ1) is 20.4. The van der Waals surface area contributed by atoms with Gasteiger partial charge in [-0.05, 0) is 31.9 Å². The molecule has 0 heterocycles. The summed E-state index contributed by atoms with van der Waals surface area (Å²) >= 11 is 0. The topological polar surface area (TPSA) is 51.2 Å². The number of hydrogen-bond donors (Lipinski definition) is 0. The van der Waals surface area contributed by atoms with E-state index >= 15 is 0 Å². The van der Waals surface area contributed by atoms with E-state index in [1.807, 2.05) is 93.6 Å². The molecule has 0 spiro atoms. The van der Waals surface area contributed by atoms with E-state index in [-0.39, 0.29) is 11.3 Å². The molecule has 0 saturated carbocycles. The van der Waals surface area contributed by atoms with Gasteiger partial charge in [0.05, 0.1) is 5.56 Å². The minimum atomic E-state index is -0.890. The molecule has 136 valence electrons. The van der Waals surface area contributed by atoms with Crippen LogP contribution in [0.5, 0.6) is 0 Å². The van der Waals surface area contributed by atoms with E-state index in [1.54, 1.807) is 0 Å². The Hall–Kier alpha value is -2.90. The lowest BCUT2D eigenvalue weighted by atomic mass is 10.0. The average Bonchev–Trinajstić information content (AvgIpc) is 2.68. The molecule has 3 aromatic carbocycles. The van der Waals surface area contributed by atoms with Crippen molar-refractivity contribution in [2.45, 2.75) is 20.8 Å². The summed E-state index contributed by atoms with van der Waals surface area (Å²) in [5, 5.41) is 0. The van der Waals surface area contributed by atoms with Crippen LogP contribution in [0.25, 0.3) is 0 Å². The van der Waals surface area contributed by atoms with Crippen molar-refractivity contribution in [2.24, 2.45) is 0 Å². The zero-order valence-electron chi connectivity index (χ0n) is 15.7. The van der Waals surface area contributed by atoms with Gasteiger partial charge in [-0.3, -0.25) is 4.79 Å². The molecule has 0 aliphatic rings. The minimum absolute atomic E-state index is 0.0752. The summed E-state index contributed by atoms with van der Waals surface area (Å²) in [5.41, 5.74) is 4.74. The third-order valence-electron chi connectivity index (χ3n) is 4.07. The van der Waals surface area contributed by atoms with Crippen LogP contribution >= 0.6 is 8.46 Å². The monoisotopic (exact) mass is 377 g/mol. The zero-order valence-corrected chi connectivity index (χ0v) is 16.7. The van der Waals surface area contributed by atoms with Crippen LogP contribution in [-0.2, 0) is 4.57 Å². The quantitative estimate of drug-likeness (QED) is 0.433. The molecule has 0 aliphatic carbocycles. The smallest absolute Gasteiger partial charge is 0.289 e. The Labute approximate surface area is 161 Å². The van der Waals surface area contributed by atoms with Crippen LogP contribution in [0.4, 0.5) is 0 Å². The average molecular weight is 377 g/mol. The predicted octanol–water partition coefficient (Wildman–Crippen LogP) is 5.69.